The van der Waals surface area contributed by atoms with Gasteiger partial charge in [0.2, 0.25) is 0 Å². The van der Waals surface area contributed by atoms with Crippen LogP contribution in [0.15, 0.2) is 4.79 Å². The minimum Gasteiger partial charge on any atom is -0.477 e. The van der Waals surface area contributed by atoms with Crippen LogP contribution in [0.1, 0.15) is 16.1 Å². The van der Waals surface area contributed by atoms with E-state index in [0.717, 1.165) is 7.05 Å². The summed E-state index contributed by atoms with van der Waals surface area (Å²) in [6, 6.07) is 0. The lowest BCUT2D eigenvalue weighted by Crippen LogP contribution is -2.20. The molecule has 0 saturated carbocycles. The summed E-state index contributed by atoms with van der Waals surface area (Å²) in [5.41, 5.74) is -4.05. The third-order valence-electron chi connectivity index (χ3n) is 1.55. The molecule has 0 aliphatic rings. The number of carbonyl (C=O) groups is 1. The number of carboxylic acid groups (broad SMARTS) is 1. The molecule has 1 rings (SSSR count). The summed E-state index contributed by atoms with van der Waals surface area (Å²) in [6.07, 6.45) is -4.88. The Labute approximate surface area is 74.7 Å². The van der Waals surface area contributed by atoms with Gasteiger partial charge in [0.25, 0.3) is 5.56 Å². The molecule has 0 bridgehead atoms. The number of aromatic carboxylic acids is 1. The summed E-state index contributed by atoms with van der Waals surface area (Å²) in [4.78, 5) is 21.3. The van der Waals surface area contributed by atoms with Gasteiger partial charge in [-0.05, 0) is 0 Å². The monoisotopic (exact) mass is 210 g/mol. The number of aromatic nitrogens is 2. The molecule has 8 heteroatoms. The zero-order valence-electron chi connectivity index (χ0n) is 6.84. The average molecular weight is 210 g/mol. The van der Waals surface area contributed by atoms with E-state index in [1.165, 1.54) is 0 Å². The van der Waals surface area contributed by atoms with E-state index in [1.807, 2.05) is 0 Å². The molecule has 0 spiro atoms. The van der Waals surface area contributed by atoms with Crippen LogP contribution in [0.5, 0.6) is 0 Å². The first-order chi connectivity index (χ1) is 6.25. The van der Waals surface area contributed by atoms with Crippen molar-refractivity contribution in [3.05, 3.63) is 21.6 Å². The number of carboxylic acids is 1. The van der Waals surface area contributed by atoms with Crippen LogP contribution in [0.3, 0.4) is 0 Å². The molecule has 0 aliphatic carbocycles. The second-order valence-electron chi connectivity index (χ2n) is 2.53. The first-order valence-electron chi connectivity index (χ1n) is 3.34. The van der Waals surface area contributed by atoms with E-state index < -0.39 is 29.0 Å². The lowest BCUT2D eigenvalue weighted by atomic mass is 10.2. The Morgan fingerprint density at radius 2 is 2.00 bits per heavy atom. The Bertz CT molecular complexity index is 429. The molecule has 0 unspecified atom stereocenters. The molecule has 0 aromatic carbocycles. The van der Waals surface area contributed by atoms with E-state index in [-0.39, 0.29) is 0 Å². The van der Waals surface area contributed by atoms with Crippen molar-refractivity contribution in [1.82, 2.24) is 9.78 Å². The molecule has 14 heavy (non-hydrogen) atoms. The Kier molecular flexibility index (Phi) is 2.14. The minimum atomic E-state index is -4.88. The molecule has 5 nitrogen and oxygen atoms in total. The number of aromatic amines is 1. The Morgan fingerprint density at radius 1 is 1.50 bits per heavy atom. The maximum Gasteiger partial charge on any atom is 0.433 e. The highest BCUT2D eigenvalue weighted by Crippen LogP contribution is 2.28. The van der Waals surface area contributed by atoms with Gasteiger partial charge in [0.05, 0.1) is 0 Å². The lowest BCUT2D eigenvalue weighted by molar-refractivity contribution is -0.141. The number of rotatable bonds is 1. The molecule has 0 fully saturated rings. The van der Waals surface area contributed by atoms with E-state index >= 15 is 0 Å². The number of nitrogens with one attached hydrogen (secondary N) is 1. The molecule has 1 heterocycles. The van der Waals surface area contributed by atoms with Crippen LogP contribution in [-0.2, 0) is 13.2 Å². The van der Waals surface area contributed by atoms with Crippen LogP contribution < -0.4 is 5.56 Å². The molecule has 78 valence electrons. The van der Waals surface area contributed by atoms with E-state index in [2.05, 4.69) is 0 Å². The number of halogens is 3. The highest BCUT2D eigenvalue weighted by atomic mass is 19.4. The molecule has 0 amide bonds. The predicted molar refractivity (Wildman–Crippen MR) is 38.0 cm³/mol. The number of hydrogen-bond donors (Lipinski definition) is 2. The molecule has 0 radical (unpaired) electrons. The fourth-order valence-corrected chi connectivity index (χ4v) is 0.953. The fourth-order valence-electron chi connectivity index (χ4n) is 0.953. The quantitative estimate of drug-likeness (QED) is 0.705. The zero-order chi connectivity index (χ0) is 11.1. The molecular formula is C6H5F3N2O3. The van der Waals surface area contributed by atoms with Crippen molar-refractivity contribution in [3.8, 4) is 0 Å². The van der Waals surface area contributed by atoms with E-state index in [9.17, 15) is 22.8 Å². The number of aryl methyl sites for hydroxylation is 1. The lowest BCUT2D eigenvalue weighted by Gasteiger charge is -2.03. The normalized spacial score (nSPS) is 11.7. The average Bonchev–Trinajstić information content (AvgIpc) is 2.27. The van der Waals surface area contributed by atoms with E-state index in [4.69, 9.17) is 5.11 Å². The van der Waals surface area contributed by atoms with Crippen LogP contribution in [0.4, 0.5) is 13.2 Å². The first-order valence-corrected chi connectivity index (χ1v) is 3.34. The van der Waals surface area contributed by atoms with Crippen molar-refractivity contribution in [2.45, 2.75) is 6.18 Å². The van der Waals surface area contributed by atoms with Crippen molar-refractivity contribution in [2.75, 3.05) is 0 Å². The van der Waals surface area contributed by atoms with Gasteiger partial charge in [0.15, 0.2) is 11.3 Å². The van der Waals surface area contributed by atoms with Crippen molar-refractivity contribution >= 4 is 5.97 Å². The second-order valence-corrected chi connectivity index (χ2v) is 2.53. The van der Waals surface area contributed by atoms with Gasteiger partial charge in [-0.2, -0.15) is 13.2 Å². The number of H-pyrrole nitrogens is 1. The number of hydrogen-bond acceptors (Lipinski definition) is 2. The van der Waals surface area contributed by atoms with Gasteiger partial charge in [0, 0.05) is 7.05 Å². The maximum absolute atomic E-state index is 12.2. The standard InChI is InChI=1S/C6H5F3N2O3/c1-11-4(12)2(5(13)14)3(10-11)6(7,8)9/h10H,1H3,(H,13,14). The summed E-state index contributed by atoms with van der Waals surface area (Å²) in [7, 11) is 1.00. The van der Waals surface area contributed by atoms with Crippen LogP contribution >= 0.6 is 0 Å². The van der Waals surface area contributed by atoms with Gasteiger partial charge in [0.1, 0.15) is 0 Å². The van der Waals surface area contributed by atoms with Gasteiger partial charge >= 0.3 is 12.1 Å². The summed E-state index contributed by atoms with van der Waals surface area (Å²) >= 11 is 0. The summed E-state index contributed by atoms with van der Waals surface area (Å²) in [6.45, 7) is 0. The highest BCUT2D eigenvalue weighted by Gasteiger charge is 2.39. The van der Waals surface area contributed by atoms with Crippen LogP contribution in [0, 0.1) is 0 Å². The van der Waals surface area contributed by atoms with Crippen molar-refractivity contribution in [1.29, 1.82) is 0 Å². The fraction of sp³-hybridized carbons (Fsp3) is 0.333. The van der Waals surface area contributed by atoms with Crippen molar-refractivity contribution in [3.63, 3.8) is 0 Å². The molecule has 2 N–H and O–H groups in total. The van der Waals surface area contributed by atoms with Crippen molar-refractivity contribution < 1.29 is 23.1 Å². The van der Waals surface area contributed by atoms with Gasteiger partial charge in [-0.15, -0.1) is 0 Å². The Morgan fingerprint density at radius 3 is 2.29 bits per heavy atom. The van der Waals surface area contributed by atoms with Gasteiger partial charge in [-0.3, -0.25) is 14.6 Å². The van der Waals surface area contributed by atoms with E-state index in [1.54, 1.807) is 5.10 Å². The third-order valence-corrected chi connectivity index (χ3v) is 1.55. The molecule has 0 saturated heterocycles. The van der Waals surface area contributed by atoms with Gasteiger partial charge < -0.3 is 5.11 Å². The molecule has 1 aromatic rings. The summed E-state index contributed by atoms with van der Waals surface area (Å²) < 4.78 is 36.9. The smallest absolute Gasteiger partial charge is 0.433 e. The SMILES string of the molecule is Cn1[nH]c(C(F)(F)F)c(C(=O)O)c1=O. The van der Waals surface area contributed by atoms with Crippen molar-refractivity contribution in [2.24, 2.45) is 7.05 Å². The second kappa shape index (κ2) is 2.89. The summed E-state index contributed by atoms with van der Waals surface area (Å²) in [5.74, 6) is -1.90. The zero-order valence-corrected chi connectivity index (χ0v) is 6.84. The number of nitrogens with zero attached hydrogens (tertiary/aromatic N) is 1. The van der Waals surface area contributed by atoms with Gasteiger partial charge in [-0.1, -0.05) is 0 Å². The third kappa shape index (κ3) is 1.50. The van der Waals surface area contributed by atoms with E-state index in [0.29, 0.717) is 4.68 Å². The number of alkyl halides is 3. The molecule has 0 aliphatic heterocycles. The Balaban J connectivity index is 3.53. The molecular weight excluding hydrogens is 205 g/mol. The minimum absolute atomic E-state index is 0.465. The first kappa shape index (κ1) is 10.4. The van der Waals surface area contributed by atoms with Crippen LogP contribution in [0.25, 0.3) is 0 Å². The highest BCUT2D eigenvalue weighted by molar-refractivity contribution is 5.88. The molecule has 1 aromatic heterocycles. The topological polar surface area (TPSA) is 75.1 Å². The van der Waals surface area contributed by atoms with Crippen LogP contribution in [0.2, 0.25) is 0 Å². The largest absolute Gasteiger partial charge is 0.477 e. The summed E-state index contributed by atoms with van der Waals surface area (Å²) in [5, 5.41) is 10.0. The predicted octanol–water partition coefficient (Wildman–Crippen LogP) is 0.430. The van der Waals surface area contributed by atoms with Gasteiger partial charge in [-0.25, -0.2) is 4.79 Å². The Hall–Kier alpha value is -1.73. The molecule has 0 atom stereocenters. The van der Waals surface area contributed by atoms with Crippen LogP contribution in [-0.4, -0.2) is 20.9 Å². The maximum atomic E-state index is 12.2.